The van der Waals surface area contributed by atoms with Gasteiger partial charge in [-0.25, -0.2) is 0 Å². The van der Waals surface area contributed by atoms with Gasteiger partial charge in [0.1, 0.15) is 0 Å². The van der Waals surface area contributed by atoms with Gasteiger partial charge >= 0.3 is 5.97 Å². The van der Waals surface area contributed by atoms with E-state index in [4.69, 9.17) is 0 Å². The first-order valence-corrected chi connectivity index (χ1v) is 6.81. The van der Waals surface area contributed by atoms with Crippen LogP contribution in [-0.4, -0.2) is 28.0 Å². The summed E-state index contributed by atoms with van der Waals surface area (Å²) < 4.78 is 16.7. The normalized spacial score (nSPS) is 12.8. The lowest BCUT2D eigenvalue weighted by atomic mass is 9.97. The Bertz CT molecular complexity index is 509. The molecular formula is C12H15NO5S. The topological polar surface area (TPSA) is 86.5 Å². The highest BCUT2D eigenvalue weighted by molar-refractivity contribution is 7.85. The minimum atomic E-state index is -1.42. The Kier molecular flexibility index (Phi) is 4.77. The number of benzene rings is 1. The predicted octanol–water partition coefficient (Wildman–Crippen LogP) is 1.90. The number of nitrogens with zero attached hydrogens (tertiary/aromatic N) is 1. The molecule has 104 valence electrons. The molecule has 1 aromatic carbocycles. The molecule has 0 N–H and O–H groups in total. The molecule has 1 rings (SSSR count). The third-order valence-corrected chi connectivity index (χ3v) is 4.32. The van der Waals surface area contributed by atoms with Gasteiger partial charge in [0, 0.05) is 22.8 Å². The average Bonchev–Trinajstić information content (AvgIpc) is 2.37. The highest BCUT2D eigenvalue weighted by atomic mass is 32.2. The second-order valence-corrected chi connectivity index (χ2v) is 6.07. The lowest BCUT2D eigenvalue weighted by molar-refractivity contribution is -0.384. The van der Waals surface area contributed by atoms with E-state index in [0.29, 0.717) is 4.90 Å². The highest BCUT2D eigenvalue weighted by Gasteiger charge is 2.31. The second kappa shape index (κ2) is 5.92. The smallest absolute Gasteiger partial charge is 0.312 e. The van der Waals surface area contributed by atoms with Crippen molar-refractivity contribution in [1.82, 2.24) is 0 Å². The summed E-state index contributed by atoms with van der Waals surface area (Å²) >= 11 is 0. The summed E-state index contributed by atoms with van der Waals surface area (Å²) in [5, 5.41) is 10.5. The maximum Gasteiger partial charge on any atom is 0.312 e. The monoisotopic (exact) mass is 285 g/mol. The van der Waals surface area contributed by atoms with Crippen molar-refractivity contribution in [2.24, 2.45) is 5.41 Å². The van der Waals surface area contributed by atoms with E-state index >= 15 is 0 Å². The first-order chi connectivity index (χ1) is 8.77. The van der Waals surface area contributed by atoms with Crippen LogP contribution in [0.5, 0.6) is 0 Å². The summed E-state index contributed by atoms with van der Waals surface area (Å²) in [7, 11) is -0.143. The molecule has 0 amide bonds. The third-order valence-electron chi connectivity index (χ3n) is 2.54. The second-order valence-electron chi connectivity index (χ2n) is 4.62. The molecule has 0 fully saturated rings. The molecule has 0 heterocycles. The SMILES string of the molecule is COC(=O)C(C)(C)CS(=O)c1ccc([N+](=O)[O-])cc1. The van der Waals surface area contributed by atoms with Crippen LogP contribution in [0.2, 0.25) is 0 Å². The molecule has 0 aliphatic carbocycles. The summed E-state index contributed by atoms with van der Waals surface area (Å²) in [5.41, 5.74) is -0.936. The fourth-order valence-corrected chi connectivity index (χ4v) is 2.85. The molecule has 0 saturated heterocycles. The lowest BCUT2D eigenvalue weighted by Crippen LogP contribution is -2.31. The zero-order valence-corrected chi connectivity index (χ0v) is 11.7. The van der Waals surface area contributed by atoms with E-state index in [1.54, 1.807) is 13.8 Å². The molecule has 1 unspecified atom stereocenters. The molecule has 19 heavy (non-hydrogen) atoms. The number of methoxy groups -OCH3 is 1. The van der Waals surface area contributed by atoms with E-state index in [1.165, 1.54) is 31.4 Å². The van der Waals surface area contributed by atoms with Crippen LogP contribution in [0.25, 0.3) is 0 Å². The number of hydrogen-bond donors (Lipinski definition) is 0. The van der Waals surface area contributed by atoms with Crippen LogP contribution in [-0.2, 0) is 20.3 Å². The molecular weight excluding hydrogens is 270 g/mol. The summed E-state index contributed by atoms with van der Waals surface area (Å²) in [6.45, 7) is 3.28. The van der Waals surface area contributed by atoms with Crippen molar-refractivity contribution in [2.75, 3.05) is 12.9 Å². The van der Waals surface area contributed by atoms with E-state index in [9.17, 15) is 19.1 Å². The molecule has 0 radical (unpaired) electrons. The van der Waals surface area contributed by atoms with Crippen molar-refractivity contribution in [2.45, 2.75) is 18.7 Å². The number of nitro groups is 1. The van der Waals surface area contributed by atoms with Crippen molar-refractivity contribution >= 4 is 22.5 Å². The van der Waals surface area contributed by atoms with Crippen LogP contribution in [0, 0.1) is 15.5 Å². The molecule has 0 bridgehead atoms. The number of non-ortho nitro benzene ring substituents is 1. The van der Waals surface area contributed by atoms with Crippen LogP contribution >= 0.6 is 0 Å². The van der Waals surface area contributed by atoms with Crippen molar-refractivity contribution < 1.29 is 18.7 Å². The maximum absolute atomic E-state index is 12.1. The molecule has 6 nitrogen and oxygen atoms in total. The minimum absolute atomic E-state index is 0.0621. The Hall–Kier alpha value is -1.76. The van der Waals surface area contributed by atoms with Gasteiger partial charge in [-0.3, -0.25) is 19.1 Å². The number of hydrogen-bond acceptors (Lipinski definition) is 5. The van der Waals surface area contributed by atoms with E-state index in [1.807, 2.05) is 0 Å². The predicted molar refractivity (Wildman–Crippen MR) is 70.2 cm³/mol. The Morgan fingerprint density at radius 3 is 2.32 bits per heavy atom. The largest absolute Gasteiger partial charge is 0.469 e. The Labute approximate surface area is 113 Å². The van der Waals surface area contributed by atoms with Gasteiger partial charge in [-0.1, -0.05) is 0 Å². The van der Waals surface area contributed by atoms with E-state index in [-0.39, 0.29) is 11.4 Å². The van der Waals surface area contributed by atoms with Crippen LogP contribution < -0.4 is 0 Å². The van der Waals surface area contributed by atoms with Gasteiger partial charge in [0.05, 0.1) is 28.2 Å². The molecule has 0 spiro atoms. The van der Waals surface area contributed by atoms with Gasteiger partial charge in [-0.15, -0.1) is 0 Å². The summed E-state index contributed by atoms with van der Waals surface area (Å²) in [6, 6.07) is 5.44. The molecule has 0 aliphatic rings. The van der Waals surface area contributed by atoms with Crippen molar-refractivity contribution in [3.63, 3.8) is 0 Å². The number of esters is 1. The van der Waals surface area contributed by atoms with Gasteiger partial charge < -0.3 is 4.74 Å². The lowest BCUT2D eigenvalue weighted by Gasteiger charge is -2.20. The maximum atomic E-state index is 12.1. The first kappa shape index (κ1) is 15.3. The van der Waals surface area contributed by atoms with Crippen LogP contribution in [0.1, 0.15) is 13.8 Å². The zero-order chi connectivity index (χ0) is 14.6. The standard InChI is InChI=1S/C12H15NO5S/c1-12(2,11(14)18-3)8-19(17)10-6-4-9(5-7-10)13(15)16/h4-7H,8H2,1-3H3. The number of ether oxygens (including phenoxy) is 1. The summed E-state index contributed by atoms with van der Waals surface area (Å²) in [6.07, 6.45) is 0. The number of rotatable bonds is 5. The zero-order valence-electron chi connectivity index (χ0n) is 10.9. The summed E-state index contributed by atoms with van der Waals surface area (Å²) in [4.78, 5) is 21.9. The van der Waals surface area contributed by atoms with E-state index in [2.05, 4.69) is 4.74 Å². The first-order valence-electron chi connectivity index (χ1n) is 5.49. The van der Waals surface area contributed by atoms with Gasteiger partial charge in [-0.2, -0.15) is 0 Å². The molecule has 1 atom stereocenters. The fourth-order valence-electron chi connectivity index (χ4n) is 1.47. The Morgan fingerprint density at radius 2 is 1.89 bits per heavy atom. The minimum Gasteiger partial charge on any atom is -0.469 e. The summed E-state index contributed by atoms with van der Waals surface area (Å²) in [5.74, 6) is -0.347. The molecule has 0 aromatic heterocycles. The fraction of sp³-hybridized carbons (Fsp3) is 0.417. The average molecular weight is 285 g/mol. The number of carbonyl (C=O) groups is 1. The molecule has 7 heteroatoms. The number of carbonyl (C=O) groups excluding carboxylic acids is 1. The van der Waals surface area contributed by atoms with Crippen molar-refractivity contribution in [3.8, 4) is 0 Å². The van der Waals surface area contributed by atoms with E-state index < -0.39 is 27.1 Å². The van der Waals surface area contributed by atoms with Gasteiger partial charge in [0.25, 0.3) is 5.69 Å². The third kappa shape index (κ3) is 3.85. The molecule has 1 aromatic rings. The van der Waals surface area contributed by atoms with Crippen LogP contribution in [0.15, 0.2) is 29.2 Å². The van der Waals surface area contributed by atoms with E-state index in [0.717, 1.165) is 0 Å². The molecule has 0 saturated carbocycles. The van der Waals surface area contributed by atoms with Crippen LogP contribution in [0.4, 0.5) is 5.69 Å². The van der Waals surface area contributed by atoms with Crippen molar-refractivity contribution in [3.05, 3.63) is 34.4 Å². The van der Waals surface area contributed by atoms with Gasteiger partial charge in [0.15, 0.2) is 0 Å². The quantitative estimate of drug-likeness (QED) is 0.468. The van der Waals surface area contributed by atoms with Crippen molar-refractivity contribution in [1.29, 1.82) is 0 Å². The van der Waals surface area contributed by atoms with Crippen LogP contribution in [0.3, 0.4) is 0 Å². The van der Waals surface area contributed by atoms with Gasteiger partial charge in [0.2, 0.25) is 0 Å². The Balaban J connectivity index is 2.84. The molecule has 0 aliphatic heterocycles. The van der Waals surface area contributed by atoms with Gasteiger partial charge in [-0.05, 0) is 26.0 Å². The number of nitro benzene ring substituents is 1. The Morgan fingerprint density at radius 1 is 1.37 bits per heavy atom. The highest BCUT2D eigenvalue weighted by Crippen LogP contribution is 2.23.